The number of carbonyl (C=O) groups excluding carboxylic acids is 1. The molecule has 162 valence electrons. The van der Waals surface area contributed by atoms with Crippen molar-refractivity contribution in [3.8, 4) is 0 Å². The maximum atomic E-state index is 13.9. The molecule has 5 rings (SSSR count). The summed E-state index contributed by atoms with van der Waals surface area (Å²) in [4.78, 5) is 21.1. The molecule has 31 heavy (non-hydrogen) atoms. The molecule has 2 aliphatic rings. The molecule has 3 heterocycles. The average molecular weight is 429 g/mol. The van der Waals surface area contributed by atoms with Crippen molar-refractivity contribution < 1.29 is 18.0 Å². The van der Waals surface area contributed by atoms with Crippen LogP contribution in [0.25, 0.3) is 5.65 Å². The van der Waals surface area contributed by atoms with Crippen molar-refractivity contribution in [1.29, 1.82) is 0 Å². The first-order valence-electron chi connectivity index (χ1n) is 10.4. The minimum absolute atomic E-state index is 0.116. The number of alkyl halides is 2. The highest BCUT2D eigenvalue weighted by atomic mass is 19.3. The van der Waals surface area contributed by atoms with E-state index in [9.17, 15) is 18.0 Å². The van der Waals surface area contributed by atoms with Crippen molar-refractivity contribution in [3.05, 3.63) is 64.9 Å². The minimum Gasteiger partial charge on any atom is -0.335 e. The summed E-state index contributed by atoms with van der Waals surface area (Å²) in [5.74, 6) is -0.318. The summed E-state index contributed by atoms with van der Waals surface area (Å²) in [5, 5.41) is 4.15. The van der Waals surface area contributed by atoms with Gasteiger partial charge in [0, 0.05) is 56.0 Å². The minimum atomic E-state index is -2.70. The number of piperazine rings is 1. The Morgan fingerprint density at radius 1 is 1.10 bits per heavy atom. The van der Waals surface area contributed by atoms with Gasteiger partial charge in [-0.2, -0.15) is 5.10 Å². The molecule has 1 aliphatic carbocycles. The fraction of sp³-hybridized carbons (Fsp3) is 0.409. The molecule has 0 radical (unpaired) electrons. The van der Waals surface area contributed by atoms with Gasteiger partial charge in [-0.25, -0.2) is 22.7 Å². The van der Waals surface area contributed by atoms with Gasteiger partial charge in [0.15, 0.2) is 11.3 Å². The number of carbonyl (C=O) groups is 1. The summed E-state index contributed by atoms with van der Waals surface area (Å²) in [6, 6.07) is 9.55. The van der Waals surface area contributed by atoms with Crippen molar-refractivity contribution in [2.24, 2.45) is 0 Å². The molecule has 1 aliphatic heterocycles. The number of hydrogen-bond donors (Lipinski definition) is 0. The number of benzene rings is 1. The standard InChI is InChI=1S/C22H22F3N5O/c23-16-4-2-1-3-15(16)13-28-7-9-29(10-8-28)22(31)18-12-20-26-17(14-5-6-14)11-19(21(24)25)30(20)27-18/h1-4,11-12,14,21H,5-10,13H2. The van der Waals surface area contributed by atoms with E-state index in [-0.39, 0.29) is 34.7 Å². The van der Waals surface area contributed by atoms with Gasteiger partial charge in [0.25, 0.3) is 12.3 Å². The smallest absolute Gasteiger partial charge is 0.280 e. The Hall–Kier alpha value is -2.94. The van der Waals surface area contributed by atoms with Crippen molar-refractivity contribution in [2.45, 2.75) is 31.7 Å². The van der Waals surface area contributed by atoms with Crippen LogP contribution in [0.3, 0.4) is 0 Å². The van der Waals surface area contributed by atoms with E-state index in [0.717, 1.165) is 17.4 Å². The van der Waals surface area contributed by atoms with Crippen LogP contribution >= 0.6 is 0 Å². The lowest BCUT2D eigenvalue weighted by atomic mass is 10.2. The van der Waals surface area contributed by atoms with Gasteiger partial charge in [-0.3, -0.25) is 9.69 Å². The van der Waals surface area contributed by atoms with E-state index < -0.39 is 6.43 Å². The number of aromatic nitrogens is 3. The summed E-state index contributed by atoms with van der Waals surface area (Å²) in [7, 11) is 0. The molecule has 1 saturated carbocycles. The summed E-state index contributed by atoms with van der Waals surface area (Å²) in [6.07, 6.45) is -0.806. The molecule has 0 N–H and O–H groups in total. The molecule has 1 aromatic carbocycles. The molecular weight excluding hydrogens is 407 g/mol. The molecule has 3 aromatic rings. The van der Waals surface area contributed by atoms with Crippen LogP contribution in [0.15, 0.2) is 36.4 Å². The van der Waals surface area contributed by atoms with E-state index in [0.29, 0.717) is 44.0 Å². The lowest BCUT2D eigenvalue weighted by molar-refractivity contribution is 0.0620. The topological polar surface area (TPSA) is 53.7 Å². The molecule has 6 nitrogen and oxygen atoms in total. The van der Waals surface area contributed by atoms with E-state index >= 15 is 0 Å². The van der Waals surface area contributed by atoms with Crippen LogP contribution in [0, 0.1) is 5.82 Å². The lowest BCUT2D eigenvalue weighted by Gasteiger charge is -2.34. The number of amides is 1. The third-order valence-electron chi connectivity index (χ3n) is 5.92. The van der Waals surface area contributed by atoms with Crippen LogP contribution in [-0.4, -0.2) is 56.5 Å². The highest BCUT2D eigenvalue weighted by Gasteiger charge is 2.29. The van der Waals surface area contributed by atoms with E-state index in [2.05, 4.69) is 15.0 Å². The maximum absolute atomic E-state index is 13.9. The van der Waals surface area contributed by atoms with Crippen LogP contribution in [0.5, 0.6) is 0 Å². The Morgan fingerprint density at radius 3 is 2.52 bits per heavy atom. The van der Waals surface area contributed by atoms with Crippen LogP contribution in [0.2, 0.25) is 0 Å². The van der Waals surface area contributed by atoms with E-state index in [1.54, 1.807) is 23.1 Å². The van der Waals surface area contributed by atoms with Crippen LogP contribution < -0.4 is 0 Å². The van der Waals surface area contributed by atoms with Gasteiger partial charge in [-0.1, -0.05) is 18.2 Å². The second kappa shape index (κ2) is 7.96. The SMILES string of the molecule is O=C(c1cc2nc(C3CC3)cc(C(F)F)n2n1)N1CCN(Cc2ccccc2F)CC1. The molecule has 2 fully saturated rings. The molecular formula is C22H22F3N5O. The average Bonchev–Trinajstić information content (AvgIpc) is 3.53. The highest BCUT2D eigenvalue weighted by Crippen LogP contribution is 2.40. The van der Waals surface area contributed by atoms with Gasteiger partial charge in [0.05, 0.1) is 0 Å². The second-order valence-electron chi connectivity index (χ2n) is 8.14. The Labute approximate surface area is 177 Å². The Balaban J connectivity index is 1.30. The zero-order valence-corrected chi connectivity index (χ0v) is 16.8. The number of rotatable bonds is 5. The number of fused-ring (bicyclic) bond motifs is 1. The van der Waals surface area contributed by atoms with E-state index in [1.165, 1.54) is 18.2 Å². The number of hydrogen-bond acceptors (Lipinski definition) is 4. The van der Waals surface area contributed by atoms with Gasteiger partial charge >= 0.3 is 0 Å². The van der Waals surface area contributed by atoms with Gasteiger partial charge in [-0.05, 0) is 25.0 Å². The van der Waals surface area contributed by atoms with Crippen molar-refractivity contribution in [1.82, 2.24) is 24.4 Å². The fourth-order valence-electron chi connectivity index (χ4n) is 4.00. The van der Waals surface area contributed by atoms with Crippen LogP contribution in [0.1, 0.15) is 52.6 Å². The molecule has 1 amide bonds. The monoisotopic (exact) mass is 429 g/mol. The van der Waals surface area contributed by atoms with Crippen LogP contribution in [0.4, 0.5) is 13.2 Å². The summed E-state index contributed by atoms with van der Waals surface area (Å²) >= 11 is 0. The molecule has 0 unspecified atom stereocenters. The normalized spacial score (nSPS) is 17.6. The van der Waals surface area contributed by atoms with Crippen molar-refractivity contribution in [2.75, 3.05) is 26.2 Å². The maximum Gasteiger partial charge on any atom is 0.280 e. The summed E-state index contributed by atoms with van der Waals surface area (Å²) in [6.45, 7) is 2.60. The lowest BCUT2D eigenvalue weighted by Crippen LogP contribution is -2.48. The largest absolute Gasteiger partial charge is 0.335 e. The Kier molecular flexibility index (Phi) is 5.13. The summed E-state index contributed by atoms with van der Waals surface area (Å²) in [5.41, 5.74) is 1.43. The molecule has 1 saturated heterocycles. The Bertz CT molecular complexity index is 1120. The van der Waals surface area contributed by atoms with Gasteiger partial charge in [0.1, 0.15) is 11.5 Å². The molecule has 0 spiro atoms. The van der Waals surface area contributed by atoms with Crippen molar-refractivity contribution >= 4 is 11.6 Å². The molecule has 2 aromatic heterocycles. The fourth-order valence-corrected chi connectivity index (χ4v) is 4.00. The third-order valence-corrected chi connectivity index (χ3v) is 5.92. The molecule has 0 atom stereocenters. The first-order valence-corrected chi connectivity index (χ1v) is 10.4. The molecule has 0 bridgehead atoms. The first-order chi connectivity index (χ1) is 15.0. The van der Waals surface area contributed by atoms with Crippen molar-refractivity contribution in [3.63, 3.8) is 0 Å². The quantitative estimate of drug-likeness (QED) is 0.622. The first kappa shape index (κ1) is 20.0. The van der Waals surface area contributed by atoms with Gasteiger partial charge in [-0.15, -0.1) is 0 Å². The van der Waals surface area contributed by atoms with Crippen LogP contribution in [-0.2, 0) is 6.54 Å². The zero-order chi connectivity index (χ0) is 21.5. The second-order valence-corrected chi connectivity index (χ2v) is 8.14. The van der Waals surface area contributed by atoms with E-state index in [1.807, 2.05) is 0 Å². The summed E-state index contributed by atoms with van der Waals surface area (Å²) < 4.78 is 42.1. The Morgan fingerprint density at radius 2 is 1.84 bits per heavy atom. The van der Waals surface area contributed by atoms with Gasteiger partial charge in [0.2, 0.25) is 0 Å². The van der Waals surface area contributed by atoms with E-state index in [4.69, 9.17) is 0 Å². The predicted octanol–water partition coefficient (Wildman–Crippen LogP) is 3.64. The number of nitrogens with zero attached hydrogens (tertiary/aromatic N) is 5. The van der Waals surface area contributed by atoms with Gasteiger partial charge < -0.3 is 4.90 Å². The third kappa shape index (κ3) is 4.01. The number of halogens is 3. The zero-order valence-electron chi connectivity index (χ0n) is 16.8. The predicted molar refractivity (Wildman–Crippen MR) is 107 cm³/mol. The highest BCUT2D eigenvalue weighted by molar-refractivity contribution is 5.93. The molecule has 9 heteroatoms.